The monoisotopic (exact) mass is 1060 g/mol. The van der Waals surface area contributed by atoms with Gasteiger partial charge in [-0.25, -0.2) is 0 Å². The summed E-state index contributed by atoms with van der Waals surface area (Å²) in [6.07, 6.45) is 0. The molecular formula is C76H56N2O4. The van der Waals surface area contributed by atoms with E-state index < -0.39 is 0 Å². The van der Waals surface area contributed by atoms with Crippen LogP contribution in [0.15, 0.2) is 248 Å². The molecule has 0 aliphatic rings. The normalized spacial score (nSPS) is 12.5. The van der Waals surface area contributed by atoms with E-state index in [0.717, 1.165) is 155 Å². The molecule has 0 fully saturated rings. The second-order valence-corrected chi connectivity index (χ2v) is 24.0. The number of benzene rings is 12. The minimum absolute atomic E-state index is 0.0908. The molecule has 6 nitrogen and oxygen atoms in total. The van der Waals surface area contributed by atoms with Gasteiger partial charge in [0.15, 0.2) is 11.2 Å². The Morgan fingerprint density at radius 2 is 0.732 bits per heavy atom. The van der Waals surface area contributed by atoms with Crippen LogP contribution in [0.3, 0.4) is 0 Å². The van der Waals surface area contributed by atoms with Gasteiger partial charge in [0.05, 0.1) is 11.4 Å². The van der Waals surface area contributed by atoms with E-state index in [1.807, 2.05) is 0 Å². The minimum atomic E-state index is -0.0908. The van der Waals surface area contributed by atoms with Crippen LogP contribution in [0.4, 0.5) is 34.1 Å². The molecule has 394 valence electrons. The molecule has 0 aliphatic carbocycles. The summed E-state index contributed by atoms with van der Waals surface area (Å²) in [5.74, 6) is 0. The number of fused-ring (bicyclic) bond motifs is 14. The van der Waals surface area contributed by atoms with Gasteiger partial charge in [-0.3, -0.25) is 0 Å². The number of anilines is 6. The van der Waals surface area contributed by atoms with E-state index in [1.54, 1.807) is 0 Å². The van der Waals surface area contributed by atoms with Crippen molar-refractivity contribution in [3.05, 3.63) is 242 Å². The Morgan fingerprint density at radius 1 is 0.280 bits per heavy atom. The lowest BCUT2D eigenvalue weighted by Crippen LogP contribution is -2.11. The molecule has 0 bridgehead atoms. The maximum Gasteiger partial charge on any atom is 0.159 e. The molecule has 0 aliphatic heterocycles. The second kappa shape index (κ2) is 17.7. The molecule has 0 spiro atoms. The topological polar surface area (TPSA) is 59.0 Å². The first-order chi connectivity index (χ1) is 39.9. The Balaban J connectivity index is 0.847. The smallest absolute Gasteiger partial charge is 0.159 e. The molecular weight excluding hydrogens is 1000 g/mol. The minimum Gasteiger partial charge on any atom is -0.456 e. The Bertz CT molecular complexity index is 5050. The zero-order valence-electron chi connectivity index (χ0n) is 46.5. The van der Waals surface area contributed by atoms with Crippen LogP contribution in [-0.4, -0.2) is 0 Å². The highest BCUT2D eigenvalue weighted by molar-refractivity contribution is 6.26. The summed E-state index contributed by atoms with van der Waals surface area (Å²) in [6, 6.07) is 82.3. The fraction of sp³-hybridized carbons (Fsp3) is 0.105. The maximum atomic E-state index is 7.17. The first-order valence-electron chi connectivity index (χ1n) is 28.3. The van der Waals surface area contributed by atoms with E-state index in [2.05, 4.69) is 282 Å². The van der Waals surface area contributed by atoms with Gasteiger partial charge >= 0.3 is 0 Å². The number of furan rings is 4. The lowest BCUT2D eigenvalue weighted by molar-refractivity contribution is 0.572. The predicted octanol–water partition coefficient (Wildman–Crippen LogP) is 22.8. The third-order valence-corrected chi connectivity index (χ3v) is 16.8. The average molecular weight is 1060 g/mol. The van der Waals surface area contributed by atoms with Crippen molar-refractivity contribution < 1.29 is 17.7 Å². The Kier molecular flexibility index (Phi) is 10.4. The summed E-state index contributed by atoms with van der Waals surface area (Å²) in [6.45, 7) is 13.5. The Labute approximate surface area is 473 Å². The van der Waals surface area contributed by atoms with Crippen molar-refractivity contribution in [2.75, 3.05) is 9.80 Å². The fourth-order valence-electron chi connectivity index (χ4n) is 12.9. The van der Waals surface area contributed by atoms with Gasteiger partial charge in [-0.1, -0.05) is 181 Å². The van der Waals surface area contributed by atoms with Crippen molar-refractivity contribution in [1.29, 1.82) is 0 Å². The van der Waals surface area contributed by atoms with Gasteiger partial charge in [-0.2, -0.15) is 0 Å². The molecule has 6 heteroatoms. The van der Waals surface area contributed by atoms with Crippen LogP contribution in [-0.2, 0) is 10.8 Å². The van der Waals surface area contributed by atoms with Crippen LogP contribution in [0.25, 0.3) is 120 Å². The molecule has 0 radical (unpaired) electrons. The van der Waals surface area contributed by atoms with Crippen LogP contribution in [0.2, 0.25) is 0 Å². The van der Waals surface area contributed by atoms with E-state index in [-0.39, 0.29) is 10.8 Å². The molecule has 0 unspecified atom stereocenters. The standard InChI is InChI=1S/C76H56N2O4/c1-75(2,3)61-30-16-26-54-56-28-18-32-63(72(56)81-70(54)61)77(50-22-12-8-13-23-50)52-36-34-46-40-58-59-44-67-69(68(45-20-10-7-11-21-45)74(59)80-65(58)42-48(46)38-52)60-41-47-35-37-53(39-49(47)43-66(60)79-67)78(51-24-14-9-15-25-51)64-33-19-29-57-55-27-17-31-62(76(4,5)6)71(55)82-73(57)64/h7-44H,1-6H3. The highest BCUT2D eigenvalue weighted by Crippen LogP contribution is 2.50. The molecule has 16 aromatic rings. The van der Waals surface area contributed by atoms with Crippen molar-refractivity contribution in [1.82, 2.24) is 0 Å². The molecule has 0 saturated heterocycles. The first kappa shape index (κ1) is 47.9. The molecule has 0 saturated carbocycles. The third kappa shape index (κ3) is 7.41. The maximum absolute atomic E-state index is 7.17. The van der Waals surface area contributed by atoms with Gasteiger partial charge in [0.25, 0.3) is 0 Å². The van der Waals surface area contributed by atoms with Crippen LogP contribution in [0.1, 0.15) is 52.7 Å². The van der Waals surface area contributed by atoms with Gasteiger partial charge in [0.2, 0.25) is 0 Å². The molecule has 4 aromatic heterocycles. The van der Waals surface area contributed by atoms with Crippen molar-refractivity contribution in [3.8, 4) is 11.1 Å². The lowest BCUT2D eigenvalue weighted by Gasteiger charge is -2.25. The fourth-order valence-corrected chi connectivity index (χ4v) is 12.9. The van der Waals surface area contributed by atoms with Crippen LogP contribution in [0.5, 0.6) is 0 Å². The summed E-state index contributed by atoms with van der Waals surface area (Å²) in [4.78, 5) is 4.62. The average Bonchev–Trinajstić information content (AvgIpc) is 3.36. The largest absolute Gasteiger partial charge is 0.456 e. The van der Waals surface area contributed by atoms with Gasteiger partial charge in [0.1, 0.15) is 33.5 Å². The number of para-hydroxylation sites is 6. The SMILES string of the molecule is CC(C)(C)c1cccc2c1oc1c(N(c3ccccc3)c3ccc4cc5c(cc4c3)oc3c(-c4ccccc4)c4c(cc35)oc3cc5cc(N(c6ccccc6)c6cccc7c6oc6c(C(C)(C)C)cccc67)ccc5cc34)cccc12. The van der Waals surface area contributed by atoms with Crippen LogP contribution >= 0.6 is 0 Å². The first-order valence-corrected chi connectivity index (χ1v) is 28.3. The van der Waals surface area contributed by atoms with Gasteiger partial charge in [0, 0.05) is 82.5 Å². The predicted molar refractivity (Wildman–Crippen MR) is 343 cm³/mol. The summed E-state index contributed by atoms with van der Waals surface area (Å²) in [5, 5.41) is 12.8. The molecule has 12 aromatic carbocycles. The summed E-state index contributed by atoms with van der Waals surface area (Å²) < 4.78 is 28.2. The molecule has 0 amide bonds. The van der Waals surface area contributed by atoms with Gasteiger partial charge in [-0.05, 0) is 129 Å². The summed E-state index contributed by atoms with van der Waals surface area (Å²) in [7, 11) is 0. The number of hydrogen-bond acceptors (Lipinski definition) is 6. The van der Waals surface area contributed by atoms with E-state index in [0.29, 0.717) is 0 Å². The lowest BCUT2D eigenvalue weighted by atomic mass is 9.86. The molecule has 4 heterocycles. The molecule has 0 N–H and O–H groups in total. The Morgan fingerprint density at radius 3 is 1.23 bits per heavy atom. The molecule has 0 atom stereocenters. The quantitative estimate of drug-likeness (QED) is 0.159. The zero-order chi connectivity index (χ0) is 55.2. The zero-order valence-corrected chi connectivity index (χ0v) is 46.5. The van der Waals surface area contributed by atoms with Gasteiger partial charge < -0.3 is 27.5 Å². The van der Waals surface area contributed by atoms with Crippen molar-refractivity contribution in [2.45, 2.75) is 52.4 Å². The van der Waals surface area contributed by atoms with Gasteiger partial charge in [-0.15, -0.1) is 0 Å². The van der Waals surface area contributed by atoms with Crippen molar-refractivity contribution in [2.24, 2.45) is 0 Å². The van der Waals surface area contributed by atoms with Crippen LogP contribution in [0, 0.1) is 0 Å². The van der Waals surface area contributed by atoms with E-state index >= 15 is 0 Å². The van der Waals surface area contributed by atoms with E-state index in [9.17, 15) is 0 Å². The number of hydrogen-bond donors (Lipinski definition) is 0. The van der Waals surface area contributed by atoms with Crippen molar-refractivity contribution in [3.63, 3.8) is 0 Å². The summed E-state index contributed by atoms with van der Waals surface area (Å²) in [5.41, 5.74) is 17.1. The van der Waals surface area contributed by atoms with E-state index in [1.165, 1.54) is 11.1 Å². The molecule has 16 rings (SSSR count). The Hall–Kier alpha value is -10.0. The number of nitrogens with zero attached hydrogens (tertiary/aromatic N) is 2. The van der Waals surface area contributed by atoms with Crippen molar-refractivity contribution >= 4 is 143 Å². The summed E-state index contributed by atoms with van der Waals surface area (Å²) >= 11 is 0. The number of rotatable bonds is 7. The third-order valence-electron chi connectivity index (χ3n) is 16.8. The van der Waals surface area contributed by atoms with E-state index in [4.69, 9.17) is 17.7 Å². The highest BCUT2D eigenvalue weighted by atomic mass is 16.3. The highest BCUT2D eigenvalue weighted by Gasteiger charge is 2.28. The van der Waals surface area contributed by atoms with Crippen LogP contribution < -0.4 is 9.80 Å². The molecule has 82 heavy (non-hydrogen) atoms. The second-order valence-electron chi connectivity index (χ2n) is 24.0.